The summed E-state index contributed by atoms with van der Waals surface area (Å²) in [6, 6.07) is 7.65. The van der Waals surface area contributed by atoms with Crippen molar-refractivity contribution in [3.8, 4) is 22.7 Å². The lowest BCUT2D eigenvalue weighted by Gasteiger charge is -2.12. The minimum absolute atomic E-state index is 0.324. The van der Waals surface area contributed by atoms with E-state index in [1.165, 1.54) is 10.6 Å². The molecule has 4 aromatic heterocycles. The van der Waals surface area contributed by atoms with Gasteiger partial charge in [0.1, 0.15) is 11.4 Å². The van der Waals surface area contributed by atoms with E-state index >= 15 is 0 Å². The number of hydrogen-bond donors (Lipinski definition) is 0. The Bertz CT molecular complexity index is 1700. The fraction of sp³-hybridized carbons (Fsp3) is 0.217. The summed E-state index contributed by atoms with van der Waals surface area (Å²) in [6.45, 7) is 2.59. The molecule has 34 heavy (non-hydrogen) atoms. The smallest absolute Gasteiger partial charge is 0.211 e. The van der Waals surface area contributed by atoms with E-state index in [1.807, 2.05) is 42.1 Å². The van der Waals surface area contributed by atoms with Crippen molar-refractivity contribution in [2.24, 2.45) is 0 Å². The maximum atomic E-state index is 12.1. The summed E-state index contributed by atoms with van der Waals surface area (Å²) in [7, 11) is -1.70. The van der Waals surface area contributed by atoms with Gasteiger partial charge in [0, 0.05) is 37.1 Å². The molecule has 11 heteroatoms. The highest BCUT2D eigenvalue weighted by atomic mass is 32.2. The highest BCUT2D eigenvalue weighted by molar-refractivity contribution is 7.88. The van der Waals surface area contributed by atoms with Crippen LogP contribution < -0.4 is 4.74 Å². The van der Waals surface area contributed by atoms with Crippen LogP contribution in [-0.2, 0) is 23.1 Å². The van der Waals surface area contributed by atoms with Crippen LogP contribution in [0.15, 0.2) is 49.1 Å². The number of aromatic nitrogens is 6. The molecule has 0 fully saturated rings. The molecule has 0 unspecified atom stereocenters. The van der Waals surface area contributed by atoms with Crippen LogP contribution in [0.2, 0.25) is 0 Å². The Labute approximate surface area is 195 Å². The maximum absolute atomic E-state index is 12.1. The van der Waals surface area contributed by atoms with Crippen LogP contribution in [-0.4, -0.2) is 55.5 Å². The van der Waals surface area contributed by atoms with Crippen LogP contribution in [0.1, 0.15) is 16.8 Å². The van der Waals surface area contributed by atoms with Gasteiger partial charge in [-0.05, 0) is 42.3 Å². The molecule has 0 N–H and O–H groups in total. The van der Waals surface area contributed by atoms with Gasteiger partial charge in [-0.1, -0.05) is 0 Å². The quantitative estimate of drug-likeness (QED) is 0.393. The summed E-state index contributed by atoms with van der Waals surface area (Å²) in [5.74, 6) is 0.620. The van der Waals surface area contributed by atoms with Gasteiger partial charge in [-0.2, -0.15) is 14.5 Å². The molecule has 1 aliphatic heterocycles. The van der Waals surface area contributed by atoms with Gasteiger partial charge in [0.15, 0.2) is 5.65 Å². The second-order valence-corrected chi connectivity index (χ2v) is 10.3. The normalized spacial score (nSPS) is 14.2. The lowest BCUT2D eigenvalue weighted by atomic mass is 10.1. The van der Waals surface area contributed by atoms with Crippen LogP contribution in [0.3, 0.4) is 0 Å². The first-order valence-electron chi connectivity index (χ1n) is 10.6. The molecule has 5 heterocycles. The lowest BCUT2D eigenvalue weighted by Crippen LogP contribution is -2.23. The van der Waals surface area contributed by atoms with E-state index in [0.717, 1.165) is 44.7 Å². The first-order valence-corrected chi connectivity index (χ1v) is 12.5. The molecule has 0 radical (unpaired) electrons. The second-order valence-electron chi connectivity index (χ2n) is 8.35. The third-order valence-electron chi connectivity index (χ3n) is 6.20. The highest BCUT2D eigenvalue weighted by Crippen LogP contribution is 2.36. The van der Waals surface area contributed by atoms with Crippen LogP contribution in [0, 0.1) is 6.92 Å². The molecule has 1 aliphatic rings. The van der Waals surface area contributed by atoms with Crippen molar-refractivity contribution in [3.63, 3.8) is 0 Å². The van der Waals surface area contributed by atoms with Crippen molar-refractivity contribution in [2.45, 2.75) is 20.0 Å². The largest absolute Gasteiger partial charge is 0.494 e. The molecule has 0 saturated carbocycles. The van der Waals surface area contributed by atoms with E-state index in [1.54, 1.807) is 30.2 Å². The zero-order chi connectivity index (χ0) is 23.6. The van der Waals surface area contributed by atoms with Crippen molar-refractivity contribution >= 4 is 26.6 Å². The van der Waals surface area contributed by atoms with Gasteiger partial charge < -0.3 is 4.74 Å². The van der Waals surface area contributed by atoms with Crippen LogP contribution >= 0.6 is 0 Å². The van der Waals surface area contributed by atoms with Gasteiger partial charge in [0.25, 0.3) is 0 Å². The van der Waals surface area contributed by atoms with Gasteiger partial charge in [0.2, 0.25) is 10.0 Å². The lowest BCUT2D eigenvalue weighted by molar-refractivity contribution is 0.411. The topological polar surface area (TPSA) is 108 Å². The molecule has 10 nitrogen and oxygen atoms in total. The summed E-state index contributed by atoms with van der Waals surface area (Å²) in [5.41, 5.74) is 6.55. The molecular weight excluding hydrogens is 454 g/mol. The predicted molar refractivity (Wildman–Crippen MR) is 126 cm³/mol. The van der Waals surface area contributed by atoms with Crippen molar-refractivity contribution in [1.82, 2.24) is 33.7 Å². The highest BCUT2D eigenvalue weighted by Gasteiger charge is 2.28. The summed E-state index contributed by atoms with van der Waals surface area (Å²) in [4.78, 5) is 9.09. The monoisotopic (exact) mass is 475 g/mol. The number of methoxy groups -OCH3 is 1. The van der Waals surface area contributed by atoms with Gasteiger partial charge >= 0.3 is 0 Å². The number of nitrogens with zero attached hydrogens (tertiary/aromatic N) is 7. The zero-order valence-electron chi connectivity index (χ0n) is 18.8. The van der Waals surface area contributed by atoms with Crippen LogP contribution in [0.25, 0.3) is 33.5 Å². The summed E-state index contributed by atoms with van der Waals surface area (Å²) in [6.07, 6.45) is 8.35. The number of pyridine rings is 1. The molecule has 0 bridgehead atoms. The Balaban J connectivity index is 1.53. The summed E-state index contributed by atoms with van der Waals surface area (Å²) in [5, 5.41) is 10.1. The number of rotatable bonds is 4. The SMILES string of the molecule is COc1cc2c(cc1-n1nc(C)c3cnc(-c4cnn5cccnc45)cc31)CN(S(C)(=O)=O)C2. The number of fused-ring (bicyclic) bond motifs is 3. The number of aryl methyl sites for hydroxylation is 1. The molecule has 6 rings (SSSR count). The average molecular weight is 476 g/mol. The Morgan fingerprint density at radius 2 is 1.85 bits per heavy atom. The Hall–Kier alpha value is -3.83. The third-order valence-corrected chi connectivity index (χ3v) is 7.39. The zero-order valence-corrected chi connectivity index (χ0v) is 19.6. The van der Waals surface area contributed by atoms with Gasteiger partial charge in [0.05, 0.1) is 42.0 Å². The van der Waals surface area contributed by atoms with Crippen molar-refractivity contribution in [2.75, 3.05) is 13.4 Å². The minimum Gasteiger partial charge on any atom is -0.494 e. The Kier molecular flexibility index (Phi) is 4.48. The number of benzene rings is 1. The summed E-state index contributed by atoms with van der Waals surface area (Å²) < 4.78 is 34.9. The van der Waals surface area contributed by atoms with E-state index in [2.05, 4.69) is 15.1 Å². The fourth-order valence-electron chi connectivity index (χ4n) is 4.44. The molecule has 0 saturated heterocycles. The molecular formula is C23H21N7O3S. The van der Waals surface area contributed by atoms with E-state index in [0.29, 0.717) is 24.5 Å². The molecule has 172 valence electrons. The van der Waals surface area contributed by atoms with E-state index in [9.17, 15) is 8.42 Å². The first-order chi connectivity index (χ1) is 16.3. The molecule has 0 atom stereocenters. The molecule has 0 spiro atoms. The first kappa shape index (κ1) is 20.8. The van der Waals surface area contributed by atoms with Crippen molar-refractivity contribution < 1.29 is 13.2 Å². The Morgan fingerprint density at radius 1 is 1.06 bits per heavy atom. The van der Waals surface area contributed by atoms with Gasteiger partial charge in [-0.3, -0.25) is 4.98 Å². The number of ether oxygens (including phenoxy) is 1. The van der Waals surface area contributed by atoms with Gasteiger partial charge in [-0.25, -0.2) is 22.6 Å². The fourth-order valence-corrected chi connectivity index (χ4v) is 5.19. The summed E-state index contributed by atoms with van der Waals surface area (Å²) >= 11 is 0. The molecule has 5 aromatic rings. The van der Waals surface area contributed by atoms with Crippen molar-refractivity contribution in [3.05, 3.63) is 65.9 Å². The molecule has 0 aliphatic carbocycles. The van der Waals surface area contributed by atoms with Gasteiger partial charge in [-0.15, -0.1) is 0 Å². The van der Waals surface area contributed by atoms with E-state index < -0.39 is 10.0 Å². The average Bonchev–Trinajstić information content (AvgIpc) is 3.52. The van der Waals surface area contributed by atoms with E-state index in [-0.39, 0.29) is 0 Å². The number of hydrogen-bond acceptors (Lipinski definition) is 7. The van der Waals surface area contributed by atoms with E-state index in [4.69, 9.17) is 9.84 Å². The maximum Gasteiger partial charge on any atom is 0.211 e. The second kappa shape index (κ2) is 7.34. The molecule has 0 amide bonds. The predicted octanol–water partition coefficient (Wildman–Crippen LogP) is 2.72. The Morgan fingerprint density at radius 3 is 2.62 bits per heavy atom. The third kappa shape index (κ3) is 3.16. The number of sulfonamides is 1. The minimum atomic E-state index is -3.30. The van der Waals surface area contributed by atoms with Crippen LogP contribution in [0.5, 0.6) is 5.75 Å². The molecule has 1 aromatic carbocycles. The van der Waals surface area contributed by atoms with Crippen molar-refractivity contribution in [1.29, 1.82) is 0 Å². The van der Waals surface area contributed by atoms with Crippen LogP contribution in [0.4, 0.5) is 0 Å². The standard InChI is InChI=1S/C23H21N7O3S/c1-14-17-10-25-19(18-11-26-29-6-4-5-24-23(18)29)9-20(17)30(27-14)21-7-15-12-28(34(3,31)32)13-16(15)8-22(21)33-2/h4-11H,12-13H2,1-3H3.